The molecule has 1 atom stereocenters. The summed E-state index contributed by atoms with van der Waals surface area (Å²) in [5.74, 6) is 1.16. The molecule has 5 nitrogen and oxygen atoms in total. The molecule has 6 heteroatoms. The minimum Gasteiger partial charge on any atom is -0.493 e. The Labute approximate surface area is 168 Å². The maximum absolute atomic E-state index is 12.5. The van der Waals surface area contributed by atoms with Gasteiger partial charge in [-0.2, -0.15) is 0 Å². The Morgan fingerprint density at radius 2 is 2.12 bits per heavy atom. The molecule has 1 aliphatic rings. The van der Waals surface area contributed by atoms with Gasteiger partial charge in [0.15, 0.2) is 5.78 Å². The van der Waals surface area contributed by atoms with Crippen LogP contribution in [0.4, 0.5) is 0 Å². The quantitative estimate of drug-likeness (QED) is 0.212. The normalized spacial score (nSPS) is 18.8. The highest BCUT2D eigenvalue weighted by molar-refractivity contribution is 14.1. The lowest BCUT2D eigenvalue weighted by Gasteiger charge is -2.35. The van der Waals surface area contributed by atoms with Gasteiger partial charge in [0, 0.05) is 12.5 Å². The molecule has 0 radical (unpaired) electrons. The zero-order chi connectivity index (χ0) is 19.0. The van der Waals surface area contributed by atoms with E-state index in [-0.39, 0.29) is 11.8 Å². The Morgan fingerprint density at radius 3 is 2.85 bits per heavy atom. The Morgan fingerprint density at radius 1 is 1.31 bits per heavy atom. The largest absolute Gasteiger partial charge is 0.493 e. The van der Waals surface area contributed by atoms with Crippen molar-refractivity contribution in [3.63, 3.8) is 0 Å². The van der Waals surface area contributed by atoms with Crippen LogP contribution in [-0.2, 0) is 9.53 Å². The lowest BCUT2D eigenvalue weighted by Crippen LogP contribution is -2.39. The Kier molecular flexibility index (Phi) is 8.18. The standard InChI is InChI=1S/C20H27IO5/c1-3-24-19(23)7-6-12-25-15-8-9-16-17(22)14-20(2,10-4-5-11-21)26-18(16)13-15/h8-9,13H,3-7,10-12,14H2,1-2H3. The highest BCUT2D eigenvalue weighted by atomic mass is 127. The number of unbranched alkanes of at least 4 members (excludes halogenated alkanes) is 1. The number of rotatable bonds is 10. The molecule has 26 heavy (non-hydrogen) atoms. The van der Waals surface area contributed by atoms with E-state index in [4.69, 9.17) is 14.2 Å². The number of hydrogen-bond donors (Lipinski definition) is 0. The van der Waals surface area contributed by atoms with Gasteiger partial charge in [0.05, 0.1) is 25.2 Å². The first kappa shape index (κ1) is 21.0. The number of esters is 1. The highest BCUT2D eigenvalue weighted by Crippen LogP contribution is 2.38. The molecule has 144 valence electrons. The van der Waals surface area contributed by atoms with Crippen LogP contribution in [0.25, 0.3) is 0 Å². The Hall–Kier alpha value is -1.31. The lowest BCUT2D eigenvalue weighted by molar-refractivity contribution is -0.143. The average molecular weight is 474 g/mol. The van der Waals surface area contributed by atoms with Gasteiger partial charge in [-0.25, -0.2) is 0 Å². The van der Waals surface area contributed by atoms with Gasteiger partial charge in [0.1, 0.15) is 17.1 Å². The van der Waals surface area contributed by atoms with Crippen LogP contribution >= 0.6 is 22.6 Å². The first-order valence-electron chi connectivity index (χ1n) is 9.18. The van der Waals surface area contributed by atoms with Crippen LogP contribution < -0.4 is 9.47 Å². The number of alkyl halides is 1. The van der Waals surface area contributed by atoms with Gasteiger partial charge in [-0.15, -0.1) is 0 Å². The predicted octanol–water partition coefficient (Wildman–Crippen LogP) is 4.74. The summed E-state index contributed by atoms with van der Waals surface area (Å²) in [6.07, 6.45) is 4.38. The molecule has 0 saturated carbocycles. The second kappa shape index (κ2) is 10.1. The van der Waals surface area contributed by atoms with Crippen molar-refractivity contribution in [3.05, 3.63) is 23.8 Å². The summed E-state index contributed by atoms with van der Waals surface area (Å²) in [7, 11) is 0. The summed E-state index contributed by atoms with van der Waals surface area (Å²) >= 11 is 2.37. The lowest BCUT2D eigenvalue weighted by atomic mass is 9.87. The smallest absolute Gasteiger partial charge is 0.305 e. The van der Waals surface area contributed by atoms with E-state index in [9.17, 15) is 9.59 Å². The van der Waals surface area contributed by atoms with Crippen molar-refractivity contribution < 1.29 is 23.8 Å². The van der Waals surface area contributed by atoms with E-state index in [0.717, 1.165) is 23.7 Å². The van der Waals surface area contributed by atoms with Crippen LogP contribution in [0.15, 0.2) is 18.2 Å². The van der Waals surface area contributed by atoms with Crippen LogP contribution in [-0.4, -0.2) is 35.0 Å². The zero-order valence-corrected chi connectivity index (χ0v) is 17.7. The van der Waals surface area contributed by atoms with E-state index in [0.29, 0.717) is 49.5 Å². The summed E-state index contributed by atoms with van der Waals surface area (Å²) in [6.45, 7) is 4.61. The fourth-order valence-electron chi connectivity index (χ4n) is 3.02. The van der Waals surface area contributed by atoms with Crippen molar-refractivity contribution >= 4 is 34.3 Å². The average Bonchev–Trinajstić information content (AvgIpc) is 2.58. The first-order chi connectivity index (χ1) is 12.5. The number of fused-ring (bicyclic) bond motifs is 1. The molecule has 1 unspecified atom stereocenters. The fourth-order valence-corrected chi connectivity index (χ4v) is 3.56. The zero-order valence-electron chi connectivity index (χ0n) is 15.5. The summed E-state index contributed by atoms with van der Waals surface area (Å²) in [4.78, 5) is 23.8. The molecule has 2 rings (SSSR count). The Bertz CT molecular complexity index is 631. The third-order valence-electron chi connectivity index (χ3n) is 4.33. The number of carbonyl (C=O) groups excluding carboxylic acids is 2. The van der Waals surface area contributed by atoms with Gasteiger partial charge >= 0.3 is 5.97 Å². The summed E-state index contributed by atoms with van der Waals surface area (Å²) in [6, 6.07) is 5.33. The molecule has 0 amide bonds. The summed E-state index contributed by atoms with van der Waals surface area (Å²) in [5, 5.41) is 0. The maximum atomic E-state index is 12.5. The molecule has 0 saturated heterocycles. The molecule has 0 aromatic heterocycles. The number of ether oxygens (including phenoxy) is 3. The van der Waals surface area contributed by atoms with E-state index in [2.05, 4.69) is 22.6 Å². The van der Waals surface area contributed by atoms with E-state index in [1.807, 2.05) is 6.92 Å². The van der Waals surface area contributed by atoms with Crippen LogP contribution in [0.5, 0.6) is 11.5 Å². The number of halogens is 1. The molecule has 1 heterocycles. The van der Waals surface area contributed by atoms with Crippen LogP contribution in [0.2, 0.25) is 0 Å². The third-order valence-corrected chi connectivity index (χ3v) is 5.10. The van der Waals surface area contributed by atoms with Crippen molar-refractivity contribution in [2.24, 2.45) is 0 Å². The molecule has 0 N–H and O–H groups in total. The van der Waals surface area contributed by atoms with E-state index in [1.54, 1.807) is 25.1 Å². The molecular formula is C20H27IO5. The van der Waals surface area contributed by atoms with Gasteiger partial charge in [-0.05, 0) is 56.1 Å². The number of hydrogen-bond acceptors (Lipinski definition) is 5. The SMILES string of the molecule is CCOC(=O)CCCOc1ccc2c(c1)OC(C)(CCCCI)CC2=O. The van der Waals surface area contributed by atoms with Gasteiger partial charge in [0.2, 0.25) is 0 Å². The minimum absolute atomic E-state index is 0.122. The molecule has 0 fully saturated rings. The maximum Gasteiger partial charge on any atom is 0.305 e. The molecule has 1 aromatic rings. The van der Waals surface area contributed by atoms with Gasteiger partial charge in [0.25, 0.3) is 0 Å². The molecule has 1 aliphatic heterocycles. The number of ketones is 1. The summed E-state index contributed by atoms with van der Waals surface area (Å²) < 4.78 is 17.9. The molecule has 0 bridgehead atoms. The van der Waals surface area contributed by atoms with Gasteiger partial charge in [-0.3, -0.25) is 9.59 Å². The number of benzene rings is 1. The van der Waals surface area contributed by atoms with Crippen LogP contribution in [0, 0.1) is 0 Å². The summed E-state index contributed by atoms with van der Waals surface area (Å²) in [5.41, 5.74) is 0.175. The minimum atomic E-state index is -0.446. The van der Waals surface area contributed by atoms with E-state index < -0.39 is 5.60 Å². The van der Waals surface area contributed by atoms with Crippen molar-refractivity contribution in [2.75, 3.05) is 17.6 Å². The van der Waals surface area contributed by atoms with E-state index >= 15 is 0 Å². The molecular weight excluding hydrogens is 447 g/mol. The van der Waals surface area contributed by atoms with Crippen LogP contribution in [0.3, 0.4) is 0 Å². The van der Waals surface area contributed by atoms with Gasteiger partial charge in [-0.1, -0.05) is 22.6 Å². The van der Waals surface area contributed by atoms with Crippen molar-refractivity contribution in [1.29, 1.82) is 0 Å². The molecule has 0 spiro atoms. The van der Waals surface area contributed by atoms with E-state index in [1.165, 1.54) is 0 Å². The van der Waals surface area contributed by atoms with Crippen molar-refractivity contribution in [3.8, 4) is 11.5 Å². The van der Waals surface area contributed by atoms with Crippen molar-refractivity contribution in [2.45, 2.75) is 58.0 Å². The monoisotopic (exact) mass is 474 g/mol. The highest BCUT2D eigenvalue weighted by Gasteiger charge is 2.36. The second-order valence-corrected chi connectivity index (χ2v) is 7.79. The first-order valence-corrected chi connectivity index (χ1v) is 10.7. The van der Waals surface area contributed by atoms with Crippen molar-refractivity contribution in [1.82, 2.24) is 0 Å². The topological polar surface area (TPSA) is 61.8 Å². The number of carbonyl (C=O) groups is 2. The van der Waals surface area contributed by atoms with Gasteiger partial charge < -0.3 is 14.2 Å². The number of Topliss-reactive ketones (excluding diaryl/α,β-unsaturated/α-hetero) is 1. The third kappa shape index (κ3) is 6.14. The molecule has 1 aromatic carbocycles. The molecule has 0 aliphatic carbocycles. The predicted molar refractivity (Wildman–Crippen MR) is 109 cm³/mol. The Balaban J connectivity index is 1.94. The second-order valence-electron chi connectivity index (χ2n) is 6.71. The van der Waals surface area contributed by atoms with Crippen LogP contribution in [0.1, 0.15) is 62.7 Å². The fraction of sp³-hybridized carbons (Fsp3) is 0.600.